The summed E-state index contributed by atoms with van der Waals surface area (Å²) in [6.07, 6.45) is 3.80. The van der Waals surface area contributed by atoms with Gasteiger partial charge in [-0.3, -0.25) is 4.79 Å². The van der Waals surface area contributed by atoms with E-state index in [1.165, 1.54) is 0 Å². The summed E-state index contributed by atoms with van der Waals surface area (Å²) in [7, 11) is 0. The van der Waals surface area contributed by atoms with E-state index in [-0.39, 0.29) is 11.9 Å². The van der Waals surface area contributed by atoms with E-state index >= 15 is 0 Å². The minimum Gasteiger partial charge on any atom is -0.469 e. The van der Waals surface area contributed by atoms with Crippen molar-refractivity contribution in [3.63, 3.8) is 0 Å². The van der Waals surface area contributed by atoms with E-state index < -0.39 is 6.10 Å². The number of amides is 1. The Kier molecular flexibility index (Phi) is 5.77. The maximum absolute atomic E-state index is 11.5. The first-order valence-corrected chi connectivity index (χ1v) is 6.07. The zero-order chi connectivity index (χ0) is 12.7. The van der Waals surface area contributed by atoms with Crippen LogP contribution < -0.4 is 5.32 Å². The fourth-order valence-corrected chi connectivity index (χ4v) is 1.57. The first-order valence-electron chi connectivity index (χ1n) is 6.07. The molecule has 0 fully saturated rings. The Morgan fingerprint density at radius 2 is 2.24 bits per heavy atom. The number of hydrogen-bond acceptors (Lipinski definition) is 3. The van der Waals surface area contributed by atoms with Gasteiger partial charge in [-0.05, 0) is 38.8 Å². The van der Waals surface area contributed by atoms with Crippen LogP contribution in [0.2, 0.25) is 0 Å². The lowest BCUT2D eigenvalue weighted by atomic mass is 10.1. The van der Waals surface area contributed by atoms with Gasteiger partial charge in [0.25, 0.3) is 0 Å². The van der Waals surface area contributed by atoms with Gasteiger partial charge in [0.1, 0.15) is 5.76 Å². The van der Waals surface area contributed by atoms with E-state index in [4.69, 9.17) is 9.52 Å². The van der Waals surface area contributed by atoms with Gasteiger partial charge in [-0.2, -0.15) is 0 Å². The largest absolute Gasteiger partial charge is 0.469 e. The molecule has 2 unspecified atom stereocenters. The fraction of sp³-hybridized carbons (Fsp3) is 0.615. The average molecular weight is 239 g/mol. The van der Waals surface area contributed by atoms with Crippen LogP contribution in [0, 0.1) is 0 Å². The molecule has 0 saturated carbocycles. The maximum atomic E-state index is 11.5. The number of hydrogen-bond donors (Lipinski definition) is 2. The normalized spacial score (nSPS) is 14.3. The molecule has 2 atom stereocenters. The number of aliphatic hydroxyl groups is 1. The van der Waals surface area contributed by atoms with Gasteiger partial charge in [-0.15, -0.1) is 0 Å². The zero-order valence-electron chi connectivity index (χ0n) is 10.5. The highest BCUT2D eigenvalue weighted by atomic mass is 16.3. The second-order valence-electron chi connectivity index (χ2n) is 4.47. The van der Waals surface area contributed by atoms with Crippen LogP contribution in [-0.4, -0.2) is 23.2 Å². The smallest absolute Gasteiger partial charge is 0.220 e. The average Bonchev–Trinajstić information content (AvgIpc) is 2.76. The molecule has 1 amide bonds. The molecule has 0 aliphatic heterocycles. The zero-order valence-corrected chi connectivity index (χ0v) is 10.5. The monoisotopic (exact) mass is 239 g/mol. The highest BCUT2D eigenvalue weighted by Gasteiger charge is 2.09. The quantitative estimate of drug-likeness (QED) is 0.763. The molecule has 0 spiro atoms. The summed E-state index contributed by atoms with van der Waals surface area (Å²) in [6, 6.07) is 3.92. The number of rotatable bonds is 7. The second kappa shape index (κ2) is 7.12. The number of furan rings is 1. The Balaban J connectivity index is 2.15. The molecule has 2 N–H and O–H groups in total. The third kappa shape index (κ3) is 6.12. The van der Waals surface area contributed by atoms with Crippen LogP contribution in [0.15, 0.2) is 22.8 Å². The second-order valence-corrected chi connectivity index (χ2v) is 4.47. The van der Waals surface area contributed by atoms with Crippen molar-refractivity contribution in [3.05, 3.63) is 24.2 Å². The van der Waals surface area contributed by atoms with E-state index in [1.807, 2.05) is 19.1 Å². The minimum absolute atomic E-state index is 0.00200. The molecule has 4 heteroatoms. The molecule has 1 aromatic heterocycles. The Hall–Kier alpha value is -1.29. The summed E-state index contributed by atoms with van der Waals surface area (Å²) >= 11 is 0. The summed E-state index contributed by atoms with van der Waals surface area (Å²) in [6.45, 7) is 3.66. The van der Waals surface area contributed by atoms with E-state index in [2.05, 4.69) is 5.32 Å². The lowest BCUT2D eigenvalue weighted by Gasteiger charge is -2.13. The number of carbonyl (C=O) groups is 1. The van der Waals surface area contributed by atoms with Gasteiger partial charge >= 0.3 is 0 Å². The number of aliphatic hydroxyl groups excluding tert-OH is 1. The summed E-state index contributed by atoms with van der Waals surface area (Å²) in [5, 5.41) is 12.0. The molecule has 0 aliphatic carbocycles. The third-order valence-electron chi connectivity index (χ3n) is 2.60. The Morgan fingerprint density at radius 3 is 2.82 bits per heavy atom. The Bertz CT molecular complexity index is 319. The van der Waals surface area contributed by atoms with Crippen molar-refractivity contribution in [2.45, 2.75) is 51.7 Å². The number of aryl methyl sites for hydroxylation is 1. The van der Waals surface area contributed by atoms with Crippen LogP contribution in [0.25, 0.3) is 0 Å². The molecular weight excluding hydrogens is 218 g/mol. The summed E-state index contributed by atoms with van der Waals surface area (Å²) in [5.41, 5.74) is 0. The number of nitrogens with one attached hydrogen (secondary N) is 1. The molecule has 0 aromatic carbocycles. The van der Waals surface area contributed by atoms with Crippen molar-refractivity contribution >= 4 is 5.91 Å². The van der Waals surface area contributed by atoms with Crippen LogP contribution in [0.5, 0.6) is 0 Å². The predicted octanol–water partition coefficient (Wildman–Crippen LogP) is 1.88. The molecule has 96 valence electrons. The van der Waals surface area contributed by atoms with E-state index in [1.54, 1.807) is 13.2 Å². The van der Waals surface area contributed by atoms with Crippen LogP contribution >= 0.6 is 0 Å². The first-order chi connectivity index (χ1) is 8.08. The molecule has 0 radical (unpaired) electrons. The molecule has 1 heterocycles. The fourth-order valence-electron chi connectivity index (χ4n) is 1.57. The van der Waals surface area contributed by atoms with Crippen molar-refractivity contribution in [2.75, 3.05) is 0 Å². The van der Waals surface area contributed by atoms with Gasteiger partial charge in [0.15, 0.2) is 0 Å². The Labute approximate surface area is 102 Å². The van der Waals surface area contributed by atoms with Gasteiger partial charge in [-0.1, -0.05) is 0 Å². The van der Waals surface area contributed by atoms with Gasteiger partial charge in [-0.25, -0.2) is 0 Å². The van der Waals surface area contributed by atoms with Crippen molar-refractivity contribution < 1.29 is 14.3 Å². The molecule has 1 aromatic rings. The van der Waals surface area contributed by atoms with Crippen molar-refractivity contribution in [2.24, 2.45) is 0 Å². The predicted molar refractivity (Wildman–Crippen MR) is 65.5 cm³/mol. The maximum Gasteiger partial charge on any atom is 0.220 e. The highest BCUT2D eigenvalue weighted by molar-refractivity contribution is 5.76. The van der Waals surface area contributed by atoms with Gasteiger partial charge < -0.3 is 14.8 Å². The topological polar surface area (TPSA) is 62.5 Å². The van der Waals surface area contributed by atoms with E-state index in [0.717, 1.165) is 18.6 Å². The summed E-state index contributed by atoms with van der Waals surface area (Å²) < 4.78 is 5.22. The van der Waals surface area contributed by atoms with Crippen molar-refractivity contribution in [1.82, 2.24) is 5.32 Å². The summed E-state index contributed by atoms with van der Waals surface area (Å²) in [4.78, 5) is 11.5. The molecule has 1 rings (SSSR count). The number of carbonyl (C=O) groups excluding carboxylic acids is 1. The molecule has 0 saturated heterocycles. The van der Waals surface area contributed by atoms with Crippen LogP contribution in [0.4, 0.5) is 0 Å². The van der Waals surface area contributed by atoms with E-state index in [0.29, 0.717) is 12.8 Å². The third-order valence-corrected chi connectivity index (χ3v) is 2.60. The minimum atomic E-state index is -0.417. The molecule has 0 aliphatic rings. The first kappa shape index (κ1) is 13.8. The Morgan fingerprint density at radius 1 is 1.47 bits per heavy atom. The van der Waals surface area contributed by atoms with Crippen molar-refractivity contribution in [1.29, 1.82) is 0 Å². The van der Waals surface area contributed by atoms with Gasteiger partial charge in [0, 0.05) is 18.9 Å². The highest BCUT2D eigenvalue weighted by Crippen LogP contribution is 2.06. The SMILES string of the molecule is CC(O)CCC(=O)NC(C)CCc1ccco1. The van der Waals surface area contributed by atoms with Gasteiger partial charge in [0.05, 0.1) is 12.4 Å². The lowest BCUT2D eigenvalue weighted by Crippen LogP contribution is -2.33. The lowest BCUT2D eigenvalue weighted by molar-refractivity contribution is -0.122. The summed E-state index contributed by atoms with van der Waals surface area (Å²) in [5.74, 6) is 0.938. The van der Waals surface area contributed by atoms with E-state index in [9.17, 15) is 4.79 Å². The van der Waals surface area contributed by atoms with Gasteiger partial charge in [0.2, 0.25) is 5.91 Å². The van der Waals surface area contributed by atoms with Crippen LogP contribution in [-0.2, 0) is 11.2 Å². The molecule has 17 heavy (non-hydrogen) atoms. The molecular formula is C13H21NO3. The van der Waals surface area contributed by atoms with Crippen LogP contribution in [0.3, 0.4) is 0 Å². The van der Waals surface area contributed by atoms with Crippen molar-refractivity contribution in [3.8, 4) is 0 Å². The molecule has 4 nitrogen and oxygen atoms in total. The molecule has 0 bridgehead atoms. The standard InChI is InChI=1S/C13H21NO3/c1-10(5-7-12-4-3-9-17-12)14-13(16)8-6-11(2)15/h3-4,9-11,15H,5-8H2,1-2H3,(H,14,16). The van der Waals surface area contributed by atoms with Crippen LogP contribution in [0.1, 0.15) is 38.9 Å².